The van der Waals surface area contributed by atoms with Crippen molar-refractivity contribution in [3.05, 3.63) is 96.1 Å². The number of carboxylic acid groups (broad SMARTS) is 4. The summed E-state index contributed by atoms with van der Waals surface area (Å²) in [5, 5.41) is 39.7. The molecular weight excluding hydrogens is 516 g/mol. The molecule has 0 bridgehead atoms. The number of carboxylic acids is 4. The molecule has 4 aromatic heterocycles. The average molecular weight is 532 g/mol. The Labute approximate surface area is 293 Å². The maximum absolute atomic E-state index is 9.92. The quantitative estimate of drug-likeness (QED) is 0.184. The van der Waals surface area contributed by atoms with Gasteiger partial charge in [0.05, 0.1) is 46.7 Å². The van der Waals surface area contributed by atoms with Gasteiger partial charge in [-0.25, -0.2) is 0 Å². The third kappa shape index (κ3) is 18.3. The standard InChI is InChI=1S/4C5H5NO2.4Na/c4*7-5(8)4-2-1-3-6-4;;;;/h4*1-3,6H,(H,7,8);;;;/q;;;;4*+1/p-4. The monoisotopic (exact) mass is 532 g/mol. The number of aromatic amines is 4. The van der Waals surface area contributed by atoms with Gasteiger partial charge in [0.25, 0.3) is 0 Å². The smallest absolute Gasteiger partial charge is 0.543 e. The molecule has 0 saturated heterocycles. The molecule has 0 saturated carbocycles. The van der Waals surface area contributed by atoms with Crippen molar-refractivity contribution in [1.82, 2.24) is 19.9 Å². The molecule has 4 heterocycles. The number of hydrogen-bond donors (Lipinski definition) is 4. The fourth-order valence-electron chi connectivity index (χ4n) is 1.83. The number of rotatable bonds is 4. The van der Waals surface area contributed by atoms with Crippen LogP contribution in [-0.2, 0) is 0 Å². The largest absolute Gasteiger partial charge is 1.00 e. The molecule has 4 rings (SSSR count). The van der Waals surface area contributed by atoms with Crippen molar-refractivity contribution in [2.45, 2.75) is 0 Å². The van der Waals surface area contributed by atoms with E-state index in [4.69, 9.17) is 0 Å². The van der Waals surface area contributed by atoms with Crippen molar-refractivity contribution in [2.24, 2.45) is 0 Å². The Balaban J connectivity index is -0.000000183. The van der Waals surface area contributed by atoms with Crippen LogP contribution in [0.4, 0.5) is 0 Å². The van der Waals surface area contributed by atoms with Crippen molar-refractivity contribution < 1.29 is 158 Å². The average Bonchev–Trinajstić information content (AvgIpc) is 3.56. The van der Waals surface area contributed by atoms with E-state index in [-0.39, 0.29) is 141 Å². The number of aromatic nitrogens is 4. The second kappa shape index (κ2) is 24.3. The number of nitrogens with one attached hydrogen (secondary N) is 4. The van der Waals surface area contributed by atoms with Crippen molar-refractivity contribution in [3.8, 4) is 0 Å². The van der Waals surface area contributed by atoms with Crippen LogP contribution >= 0.6 is 0 Å². The van der Waals surface area contributed by atoms with E-state index in [0.717, 1.165) is 0 Å². The Bertz CT molecular complexity index is 908. The Kier molecular flexibility index (Phi) is 28.5. The minimum Gasteiger partial charge on any atom is -0.543 e. The minimum absolute atomic E-state index is 0. The molecule has 36 heavy (non-hydrogen) atoms. The Morgan fingerprint density at radius 3 is 0.639 bits per heavy atom. The maximum atomic E-state index is 9.92. The van der Waals surface area contributed by atoms with Gasteiger partial charge in [-0.2, -0.15) is 0 Å². The molecule has 0 aliphatic rings. The number of carbonyl (C=O) groups excluding carboxylic acids is 4. The van der Waals surface area contributed by atoms with Gasteiger partial charge in [-0.3, -0.25) is 0 Å². The number of H-pyrrole nitrogens is 4. The van der Waals surface area contributed by atoms with Gasteiger partial charge in [-0.05, 0) is 48.5 Å². The van der Waals surface area contributed by atoms with Crippen LogP contribution in [-0.4, -0.2) is 43.8 Å². The predicted octanol–water partition coefficient (Wildman–Crippen LogP) is -14.5. The van der Waals surface area contributed by atoms with Crippen molar-refractivity contribution >= 4 is 23.9 Å². The van der Waals surface area contributed by atoms with E-state index in [0.29, 0.717) is 0 Å². The Morgan fingerprint density at radius 2 is 0.583 bits per heavy atom. The summed E-state index contributed by atoms with van der Waals surface area (Å²) in [7, 11) is 0. The summed E-state index contributed by atoms with van der Waals surface area (Å²) in [6, 6.07) is 12.2. The fraction of sp³-hybridized carbons (Fsp3) is 0. The van der Waals surface area contributed by atoms with Gasteiger partial charge in [-0.15, -0.1) is 0 Å². The summed E-state index contributed by atoms with van der Waals surface area (Å²) in [4.78, 5) is 49.6. The zero-order valence-corrected chi connectivity index (χ0v) is 28.2. The first-order valence-corrected chi connectivity index (χ1v) is 8.61. The molecule has 0 radical (unpaired) electrons. The number of aromatic carboxylic acids is 4. The molecule has 0 aliphatic carbocycles. The summed E-state index contributed by atoms with van der Waals surface area (Å²) in [5.74, 6) is -4.69. The molecule has 0 amide bonds. The molecule has 0 atom stereocenters. The van der Waals surface area contributed by atoms with Gasteiger partial charge in [0.1, 0.15) is 0 Å². The van der Waals surface area contributed by atoms with Crippen molar-refractivity contribution in [2.75, 3.05) is 0 Å². The predicted molar refractivity (Wildman–Crippen MR) is 100 cm³/mol. The Morgan fingerprint density at radius 1 is 0.417 bits per heavy atom. The maximum Gasteiger partial charge on any atom is 1.00 e. The topological polar surface area (TPSA) is 224 Å². The minimum atomic E-state index is -1.17. The molecular formula is C20H16N4Na4O8. The summed E-state index contributed by atoms with van der Waals surface area (Å²) >= 11 is 0. The first kappa shape index (κ1) is 42.1. The van der Waals surface area contributed by atoms with Crippen molar-refractivity contribution in [3.63, 3.8) is 0 Å². The van der Waals surface area contributed by atoms with Crippen LogP contribution in [0.3, 0.4) is 0 Å². The molecule has 0 aliphatic heterocycles. The van der Waals surface area contributed by atoms with Gasteiger partial charge in [0, 0.05) is 24.8 Å². The van der Waals surface area contributed by atoms with Gasteiger partial charge in [0.15, 0.2) is 0 Å². The second-order valence-corrected chi connectivity index (χ2v) is 5.49. The van der Waals surface area contributed by atoms with Crippen LogP contribution in [0.15, 0.2) is 73.3 Å². The van der Waals surface area contributed by atoms with E-state index in [1.54, 1.807) is 24.3 Å². The molecule has 0 spiro atoms. The molecule has 168 valence electrons. The van der Waals surface area contributed by atoms with Gasteiger partial charge < -0.3 is 59.5 Å². The van der Waals surface area contributed by atoms with Crippen LogP contribution < -0.4 is 139 Å². The summed E-state index contributed by atoms with van der Waals surface area (Å²) in [5.41, 5.74) is 0.463. The number of carbonyl (C=O) groups is 4. The molecule has 12 nitrogen and oxygen atoms in total. The van der Waals surface area contributed by atoms with Crippen LogP contribution in [0.5, 0.6) is 0 Å². The molecule has 4 aromatic rings. The molecule has 0 fully saturated rings. The van der Waals surface area contributed by atoms with Crippen LogP contribution in [0.25, 0.3) is 0 Å². The Hall–Kier alpha value is -1.00. The van der Waals surface area contributed by atoms with Crippen LogP contribution in [0.1, 0.15) is 42.0 Å². The summed E-state index contributed by atoms with van der Waals surface area (Å²) in [6.45, 7) is 0. The van der Waals surface area contributed by atoms with Gasteiger partial charge in [0.2, 0.25) is 0 Å². The van der Waals surface area contributed by atoms with E-state index in [9.17, 15) is 39.6 Å². The second-order valence-electron chi connectivity index (χ2n) is 5.49. The van der Waals surface area contributed by atoms with E-state index in [1.165, 1.54) is 49.1 Å². The van der Waals surface area contributed by atoms with E-state index in [1.807, 2.05) is 0 Å². The van der Waals surface area contributed by atoms with Gasteiger partial charge >= 0.3 is 118 Å². The first-order valence-electron chi connectivity index (χ1n) is 8.61. The number of hydrogen-bond acceptors (Lipinski definition) is 8. The third-order valence-corrected chi connectivity index (χ3v) is 3.27. The van der Waals surface area contributed by atoms with E-state index in [2.05, 4.69) is 19.9 Å². The zero-order chi connectivity index (χ0) is 23.9. The third-order valence-electron chi connectivity index (χ3n) is 3.27. The summed E-state index contributed by atoms with van der Waals surface area (Å²) in [6.07, 6.45) is 6.13. The van der Waals surface area contributed by atoms with Crippen molar-refractivity contribution in [1.29, 1.82) is 0 Å². The van der Waals surface area contributed by atoms with E-state index < -0.39 is 23.9 Å². The van der Waals surface area contributed by atoms with Crippen LogP contribution in [0.2, 0.25) is 0 Å². The SMILES string of the molecule is O=C([O-])c1ccc[nH]1.O=C([O-])c1ccc[nH]1.O=C([O-])c1ccc[nH]1.O=C([O-])c1ccc[nH]1.[Na+].[Na+].[Na+].[Na+]. The van der Waals surface area contributed by atoms with Gasteiger partial charge in [-0.1, -0.05) is 0 Å². The zero-order valence-electron chi connectivity index (χ0n) is 20.2. The molecule has 16 heteroatoms. The van der Waals surface area contributed by atoms with Crippen LogP contribution in [0, 0.1) is 0 Å². The summed E-state index contributed by atoms with van der Waals surface area (Å²) < 4.78 is 0. The fourth-order valence-corrected chi connectivity index (χ4v) is 1.83. The first-order chi connectivity index (χ1) is 15.2. The van der Waals surface area contributed by atoms with E-state index >= 15 is 0 Å². The molecule has 0 unspecified atom stereocenters. The normalized spacial score (nSPS) is 8.00. The molecule has 4 N–H and O–H groups in total. The molecule has 0 aromatic carbocycles.